The lowest BCUT2D eigenvalue weighted by Crippen LogP contribution is -2.39. The van der Waals surface area contributed by atoms with E-state index in [1.165, 1.54) is 4.88 Å². The molecule has 2 rings (SSSR count). The Morgan fingerprint density at radius 3 is 2.45 bits per heavy atom. The number of hydrogen-bond acceptors (Lipinski definition) is 4. The molecule has 7 nitrogen and oxygen atoms in total. The van der Waals surface area contributed by atoms with Crippen molar-refractivity contribution < 1.29 is 9.59 Å². The minimum absolute atomic E-state index is 0. The van der Waals surface area contributed by atoms with Crippen LogP contribution in [0.15, 0.2) is 46.8 Å². The topological polar surface area (TPSA) is 109 Å². The summed E-state index contributed by atoms with van der Waals surface area (Å²) in [6.07, 6.45) is 0. The molecular formula is C20H28IN5O2S. The highest BCUT2D eigenvalue weighted by Gasteiger charge is 2.08. The predicted octanol–water partition coefficient (Wildman–Crippen LogP) is 2.44. The zero-order valence-corrected chi connectivity index (χ0v) is 19.8. The van der Waals surface area contributed by atoms with Crippen molar-refractivity contribution in [3.63, 3.8) is 0 Å². The van der Waals surface area contributed by atoms with Gasteiger partial charge in [-0.1, -0.05) is 25.1 Å². The highest BCUT2D eigenvalue weighted by atomic mass is 127. The quantitative estimate of drug-likeness (QED) is 0.227. The minimum atomic E-state index is -0.573. The number of nitrogens with zero attached hydrogens (tertiary/aromatic N) is 1. The molecule has 9 heteroatoms. The second-order valence-corrected chi connectivity index (χ2v) is 7.32. The molecule has 0 aliphatic heterocycles. The van der Waals surface area contributed by atoms with Crippen LogP contribution in [0, 0.1) is 0 Å². The molecule has 0 bridgehead atoms. The van der Waals surface area contributed by atoms with Crippen molar-refractivity contribution in [2.24, 2.45) is 10.7 Å². The van der Waals surface area contributed by atoms with Gasteiger partial charge in [-0.05, 0) is 36.1 Å². The lowest BCUT2D eigenvalue weighted by atomic mass is 10.1. The number of guanidine groups is 1. The molecule has 0 saturated carbocycles. The summed E-state index contributed by atoms with van der Waals surface area (Å²) in [5, 5.41) is 11.2. The number of halogens is 1. The Kier molecular flexibility index (Phi) is 11.3. The third-order valence-electron chi connectivity index (χ3n) is 4.01. The van der Waals surface area contributed by atoms with E-state index in [1.54, 1.807) is 23.5 Å². The molecule has 0 spiro atoms. The van der Waals surface area contributed by atoms with Gasteiger partial charge in [0.15, 0.2) is 5.96 Å². The van der Waals surface area contributed by atoms with E-state index < -0.39 is 5.91 Å². The van der Waals surface area contributed by atoms with Crippen LogP contribution in [0.25, 0.3) is 0 Å². The van der Waals surface area contributed by atoms with E-state index in [2.05, 4.69) is 45.4 Å². The Morgan fingerprint density at radius 2 is 1.86 bits per heavy atom. The Hall–Kier alpha value is -2.14. The highest BCUT2D eigenvalue weighted by molar-refractivity contribution is 14.0. The molecule has 2 amide bonds. The first-order valence-corrected chi connectivity index (χ1v) is 10.1. The number of primary amides is 1. The van der Waals surface area contributed by atoms with Crippen molar-refractivity contribution in [2.75, 3.05) is 19.6 Å². The van der Waals surface area contributed by atoms with Crippen molar-refractivity contribution in [1.29, 1.82) is 0 Å². The molecule has 1 aromatic heterocycles. The van der Waals surface area contributed by atoms with E-state index in [9.17, 15) is 9.59 Å². The molecule has 1 heterocycles. The zero-order valence-electron chi connectivity index (χ0n) is 16.6. The van der Waals surface area contributed by atoms with Crippen molar-refractivity contribution >= 4 is 53.1 Å². The first-order chi connectivity index (χ1) is 13.5. The van der Waals surface area contributed by atoms with Crippen LogP contribution in [0.3, 0.4) is 0 Å². The van der Waals surface area contributed by atoms with Crippen LogP contribution in [-0.4, -0.2) is 37.4 Å². The van der Waals surface area contributed by atoms with Gasteiger partial charge in [0.05, 0.1) is 13.1 Å². The number of thiophene rings is 1. The van der Waals surface area contributed by atoms with Gasteiger partial charge in [0.1, 0.15) is 0 Å². The molecule has 1 aromatic carbocycles. The maximum absolute atomic E-state index is 11.9. The average molecular weight is 529 g/mol. The number of rotatable bonds is 9. The average Bonchev–Trinajstić information content (AvgIpc) is 3.23. The Labute approximate surface area is 192 Å². The molecular weight excluding hydrogens is 501 g/mol. The highest BCUT2D eigenvalue weighted by Crippen LogP contribution is 2.19. The second kappa shape index (κ2) is 13.2. The maximum atomic E-state index is 11.9. The third kappa shape index (κ3) is 8.82. The number of nitrogens with two attached hydrogens (primary N) is 1. The van der Waals surface area contributed by atoms with E-state index in [1.807, 2.05) is 19.1 Å². The molecule has 0 aliphatic carbocycles. The summed E-state index contributed by atoms with van der Waals surface area (Å²) in [5.74, 6) is 0.263. The van der Waals surface area contributed by atoms with Crippen LogP contribution in [0.2, 0.25) is 0 Å². The molecule has 2 aromatic rings. The monoisotopic (exact) mass is 529 g/mol. The van der Waals surface area contributed by atoms with Gasteiger partial charge in [-0.3, -0.25) is 9.59 Å². The van der Waals surface area contributed by atoms with Gasteiger partial charge >= 0.3 is 0 Å². The van der Waals surface area contributed by atoms with E-state index in [4.69, 9.17) is 5.73 Å². The summed E-state index contributed by atoms with van der Waals surface area (Å²) in [4.78, 5) is 28.6. The fraction of sp³-hybridized carbons (Fsp3) is 0.350. The Balaban J connectivity index is 0.00000420. The lowest BCUT2D eigenvalue weighted by molar-refractivity contribution is -0.117. The standard InChI is InChI=1S/C20H27N5O2S.HI/c1-3-22-20(24-11-14(2)17-5-4-10-28-17)25-12-15-6-8-16(9-7-15)19(27)23-13-18(21)26;/h4-10,14H,3,11-13H2,1-2H3,(H2,21,26)(H,23,27)(H2,22,24,25);1H. The van der Waals surface area contributed by atoms with E-state index in [0.29, 0.717) is 18.0 Å². The van der Waals surface area contributed by atoms with Gasteiger partial charge in [0.25, 0.3) is 5.91 Å². The summed E-state index contributed by atoms with van der Waals surface area (Å²) in [5.41, 5.74) is 6.48. The maximum Gasteiger partial charge on any atom is 0.251 e. The van der Waals surface area contributed by atoms with E-state index in [-0.39, 0.29) is 36.4 Å². The van der Waals surface area contributed by atoms with Gasteiger partial charge in [0.2, 0.25) is 5.91 Å². The molecule has 0 saturated heterocycles. The summed E-state index contributed by atoms with van der Waals surface area (Å²) in [6, 6.07) is 11.3. The van der Waals surface area contributed by atoms with Gasteiger partial charge < -0.3 is 21.7 Å². The van der Waals surface area contributed by atoms with Crippen molar-refractivity contribution in [3.8, 4) is 0 Å². The molecule has 158 valence electrons. The van der Waals surface area contributed by atoms with Crippen LogP contribution in [-0.2, 0) is 11.3 Å². The van der Waals surface area contributed by atoms with Crippen LogP contribution in [0.4, 0.5) is 0 Å². The first-order valence-electron chi connectivity index (χ1n) is 9.20. The van der Waals surface area contributed by atoms with Crippen molar-refractivity contribution in [3.05, 3.63) is 57.8 Å². The van der Waals surface area contributed by atoms with Crippen molar-refractivity contribution in [1.82, 2.24) is 16.0 Å². The number of hydrogen-bond donors (Lipinski definition) is 4. The molecule has 1 unspecified atom stereocenters. The summed E-state index contributed by atoms with van der Waals surface area (Å²) >= 11 is 1.76. The SMILES string of the molecule is CCNC(=NCc1ccc(C(=O)NCC(N)=O)cc1)NCC(C)c1cccs1.I. The van der Waals surface area contributed by atoms with Crippen LogP contribution in [0.1, 0.15) is 40.6 Å². The minimum Gasteiger partial charge on any atom is -0.368 e. The van der Waals surface area contributed by atoms with Gasteiger partial charge in [-0.15, -0.1) is 35.3 Å². The second-order valence-electron chi connectivity index (χ2n) is 6.34. The summed E-state index contributed by atoms with van der Waals surface area (Å²) < 4.78 is 0. The van der Waals surface area contributed by atoms with Crippen LogP contribution in [0.5, 0.6) is 0 Å². The summed E-state index contributed by atoms with van der Waals surface area (Å²) in [7, 11) is 0. The van der Waals surface area contributed by atoms with Gasteiger partial charge in [0, 0.05) is 29.4 Å². The van der Waals surface area contributed by atoms with Crippen molar-refractivity contribution in [2.45, 2.75) is 26.3 Å². The Bertz CT molecular complexity index is 794. The smallest absolute Gasteiger partial charge is 0.251 e. The predicted molar refractivity (Wildman–Crippen MR) is 129 cm³/mol. The molecule has 0 fully saturated rings. The van der Waals surface area contributed by atoms with E-state index in [0.717, 1.165) is 24.6 Å². The van der Waals surface area contributed by atoms with Crippen LogP contribution < -0.4 is 21.7 Å². The number of carbonyl (C=O) groups is 2. The number of aliphatic imine (C=N–C) groups is 1. The lowest BCUT2D eigenvalue weighted by Gasteiger charge is -2.15. The molecule has 1 atom stereocenters. The number of amides is 2. The number of benzene rings is 1. The Morgan fingerprint density at radius 1 is 1.14 bits per heavy atom. The molecule has 29 heavy (non-hydrogen) atoms. The zero-order chi connectivity index (χ0) is 20.4. The molecule has 5 N–H and O–H groups in total. The van der Waals surface area contributed by atoms with Gasteiger partial charge in [-0.2, -0.15) is 0 Å². The molecule has 0 aliphatic rings. The molecule has 0 radical (unpaired) electrons. The number of nitrogens with one attached hydrogen (secondary N) is 3. The number of carbonyl (C=O) groups excluding carboxylic acids is 2. The van der Waals surface area contributed by atoms with E-state index >= 15 is 0 Å². The van der Waals surface area contributed by atoms with Gasteiger partial charge in [-0.25, -0.2) is 4.99 Å². The van der Waals surface area contributed by atoms with Crippen LogP contribution >= 0.6 is 35.3 Å². The third-order valence-corrected chi connectivity index (χ3v) is 5.11. The first kappa shape index (κ1) is 24.9. The summed E-state index contributed by atoms with van der Waals surface area (Å²) in [6.45, 7) is 6.10. The fourth-order valence-corrected chi connectivity index (χ4v) is 3.25. The fourth-order valence-electron chi connectivity index (χ4n) is 2.47. The normalized spacial score (nSPS) is 11.9. The largest absolute Gasteiger partial charge is 0.368 e.